The molecule has 2 heterocycles. The average molecular weight is 458 g/mol. The van der Waals surface area contributed by atoms with E-state index in [2.05, 4.69) is 15.6 Å². The highest BCUT2D eigenvalue weighted by molar-refractivity contribution is 6.06. The van der Waals surface area contributed by atoms with Gasteiger partial charge >= 0.3 is 0 Å². The smallest absolute Gasteiger partial charge is 0.251 e. The molecule has 0 aliphatic heterocycles. The largest absolute Gasteiger partial charge is 0.375 e. The minimum Gasteiger partial charge on any atom is -0.375 e. The zero-order chi connectivity index (χ0) is 23.9. The molecule has 0 spiro atoms. The molecule has 2 amide bonds. The number of hydrogen-bond donors (Lipinski definition) is 2. The Balaban J connectivity index is 1.60. The molecule has 174 valence electrons. The van der Waals surface area contributed by atoms with E-state index in [1.165, 1.54) is 7.11 Å². The number of hydrogen-bond acceptors (Lipinski definition) is 5. The molecule has 0 atom stereocenters. The lowest BCUT2D eigenvalue weighted by molar-refractivity contribution is -0.119. The molecule has 4 rings (SSSR count). The molecule has 2 N–H and O–H groups in total. The van der Waals surface area contributed by atoms with Gasteiger partial charge in [-0.3, -0.25) is 14.6 Å². The van der Waals surface area contributed by atoms with Crippen LogP contribution in [0.4, 0.5) is 5.69 Å². The Morgan fingerprint density at radius 3 is 2.65 bits per heavy atom. The first-order chi connectivity index (χ1) is 16.6. The summed E-state index contributed by atoms with van der Waals surface area (Å²) in [6, 6.07) is 17.1. The zero-order valence-electron chi connectivity index (χ0n) is 19.2. The van der Waals surface area contributed by atoms with Gasteiger partial charge in [0.25, 0.3) is 5.91 Å². The van der Waals surface area contributed by atoms with Gasteiger partial charge in [-0.15, -0.1) is 0 Å². The maximum Gasteiger partial charge on any atom is 0.251 e. The van der Waals surface area contributed by atoms with Crippen LogP contribution in [0.3, 0.4) is 0 Å². The van der Waals surface area contributed by atoms with Crippen molar-refractivity contribution in [2.24, 2.45) is 7.05 Å². The average Bonchev–Trinajstić information content (AvgIpc) is 3.19. The van der Waals surface area contributed by atoms with Crippen molar-refractivity contribution in [2.75, 3.05) is 25.6 Å². The van der Waals surface area contributed by atoms with Crippen LogP contribution in [-0.2, 0) is 23.0 Å². The van der Waals surface area contributed by atoms with Gasteiger partial charge in [0.2, 0.25) is 5.91 Å². The van der Waals surface area contributed by atoms with Crippen LogP contribution < -0.4 is 10.6 Å². The van der Waals surface area contributed by atoms with Crippen molar-refractivity contribution in [1.82, 2.24) is 19.9 Å². The highest BCUT2D eigenvalue weighted by Gasteiger charge is 2.18. The van der Waals surface area contributed by atoms with Gasteiger partial charge in [0.1, 0.15) is 12.4 Å². The fraction of sp³-hybridized carbons (Fsp3) is 0.231. The van der Waals surface area contributed by atoms with Crippen LogP contribution in [0.1, 0.15) is 22.3 Å². The van der Waals surface area contributed by atoms with E-state index in [0.29, 0.717) is 23.3 Å². The van der Waals surface area contributed by atoms with Crippen molar-refractivity contribution in [1.29, 1.82) is 0 Å². The van der Waals surface area contributed by atoms with E-state index in [0.717, 1.165) is 35.3 Å². The first-order valence-corrected chi connectivity index (χ1v) is 11.1. The van der Waals surface area contributed by atoms with Crippen molar-refractivity contribution in [3.63, 3.8) is 0 Å². The second-order valence-corrected chi connectivity index (χ2v) is 7.95. The van der Waals surface area contributed by atoms with Crippen molar-refractivity contribution in [3.8, 4) is 11.4 Å². The van der Waals surface area contributed by atoms with Gasteiger partial charge in [-0.05, 0) is 36.6 Å². The van der Waals surface area contributed by atoms with Gasteiger partial charge in [-0.25, -0.2) is 4.98 Å². The predicted octanol–water partition coefficient (Wildman–Crippen LogP) is 3.58. The summed E-state index contributed by atoms with van der Waals surface area (Å²) >= 11 is 0. The van der Waals surface area contributed by atoms with Crippen LogP contribution >= 0.6 is 0 Å². The molecule has 0 saturated carbocycles. The Morgan fingerprint density at radius 2 is 1.91 bits per heavy atom. The third-order valence-electron chi connectivity index (χ3n) is 5.46. The fourth-order valence-corrected chi connectivity index (χ4v) is 3.88. The van der Waals surface area contributed by atoms with Crippen LogP contribution in [0.15, 0.2) is 67.0 Å². The van der Waals surface area contributed by atoms with Gasteiger partial charge in [0, 0.05) is 44.2 Å². The first kappa shape index (κ1) is 23.1. The summed E-state index contributed by atoms with van der Waals surface area (Å²) in [6.07, 6.45) is 5.19. The number of amides is 2. The molecule has 0 saturated heterocycles. The van der Waals surface area contributed by atoms with E-state index in [4.69, 9.17) is 9.72 Å². The van der Waals surface area contributed by atoms with E-state index in [-0.39, 0.29) is 18.4 Å². The molecule has 0 aliphatic carbocycles. The molecule has 8 nitrogen and oxygen atoms in total. The van der Waals surface area contributed by atoms with Gasteiger partial charge in [0.05, 0.1) is 16.7 Å². The molecule has 2 aromatic carbocycles. The van der Waals surface area contributed by atoms with Crippen molar-refractivity contribution in [3.05, 3.63) is 78.1 Å². The first-order valence-electron chi connectivity index (χ1n) is 11.1. The molecule has 0 bridgehead atoms. The Morgan fingerprint density at radius 1 is 1.09 bits per heavy atom. The quantitative estimate of drug-likeness (QED) is 0.375. The normalized spacial score (nSPS) is 10.9. The lowest BCUT2D eigenvalue weighted by Gasteiger charge is -2.11. The molecule has 4 aromatic rings. The number of aryl methyl sites for hydroxylation is 2. The third-order valence-corrected chi connectivity index (χ3v) is 5.46. The number of benzene rings is 2. The van der Waals surface area contributed by atoms with E-state index in [1.54, 1.807) is 18.3 Å². The molecular weight excluding hydrogens is 430 g/mol. The Bertz CT molecular complexity index is 1290. The zero-order valence-corrected chi connectivity index (χ0v) is 19.2. The molecule has 8 heteroatoms. The molecule has 2 aromatic heterocycles. The summed E-state index contributed by atoms with van der Waals surface area (Å²) in [5.41, 5.74) is 4.37. The molecule has 0 fully saturated rings. The van der Waals surface area contributed by atoms with E-state index < -0.39 is 0 Å². The number of imidazole rings is 1. The molecule has 0 unspecified atom stereocenters. The number of carbonyl (C=O) groups is 2. The van der Waals surface area contributed by atoms with Crippen molar-refractivity contribution >= 4 is 28.5 Å². The maximum atomic E-state index is 12.9. The van der Waals surface area contributed by atoms with Crippen molar-refractivity contribution < 1.29 is 14.3 Å². The Kier molecular flexibility index (Phi) is 7.29. The van der Waals surface area contributed by atoms with Crippen molar-refractivity contribution in [2.45, 2.75) is 12.8 Å². The Labute approximate surface area is 198 Å². The summed E-state index contributed by atoms with van der Waals surface area (Å²) < 4.78 is 6.87. The maximum absolute atomic E-state index is 12.9. The fourth-order valence-electron chi connectivity index (χ4n) is 3.88. The highest BCUT2D eigenvalue weighted by atomic mass is 16.5. The molecular formula is C26H27N5O3. The SMILES string of the molecule is COCC(=O)Nc1cc(C(=O)NCCCc2cccnc2)cc2nc(-c3ccccc3)n(C)c12. The number of pyridine rings is 1. The van der Waals surface area contributed by atoms with Gasteiger partial charge in [0.15, 0.2) is 0 Å². The topological polar surface area (TPSA) is 98.1 Å². The van der Waals surface area contributed by atoms with Crippen LogP contribution in [0.5, 0.6) is 0 Å². The predicted molar refractivity (Wildman–Crippen MR) is 132 cm³/mol. The standard InChI is InChI=1S/C26H27N5O3/c1-31-24-21(29-23(32)17-34-2)14-20(15-22(24)30-25(31)19-10-4-3-5-11-19)26(33)28-13-7-9-18-8-6-12-27-16-18/h3-6,8,10-12,14-16H,7,9,13,17H2,1-2H3,(H,28,33)(H,29,32). The summed E-state index contributed by atoms with van der Waals surface area (Å²) in [5.74, 6) is 0.217. The van der Waals surface area contributed by atoms with Crippen LogP contribution in [0.2, 0.25) is 0 Å². The lowest BCUT2D eigenvalue weighted by Crippen LogP contribution is -2.25. The summed E-state index contributed by atoms with van der Waals surface area (Å²) in [5, 5.41) is 5.83. The minimum atomic E-state index is -0.305. The summed E-state index contributed by atoms with van der Waals surface area (Å²) in [6.45, 7) is 0.435. The van der Waals surface area contributed by atoms with E-state index in [9.17, 15) is 9.59 Å². The monoisotopic (exact) mass is 457 g/mol. The van der Waals surface area contributed by atoms with E-state index in [1.807, 2.05) is 60.3 Å². The number of carbonyl (C=O) groups excluding carboxylic acids is 2. The molecule has 0 radical (unpaired) electrons. The number of fused-ring (bicyclic) bond motifs is 1. The van der Waals surface area contributed by atoms with E-state index >= 15 is 0 Å². The van der Waals surface area contributed by atoms with Crippen LogP contribution in [-0.4, -0.2) is 46.6 Å². The van der Waals surface area contributed by atoms with Gasteiger partial charge in [-0.2, -0.15) is 0 Å². The Hall–Kier alpha value is -4.04. The number of nitrogens with zero attached hydrogens (tertiary/aromatic N) is 3. The number of nitrogens with one attached hydrogen (secondary N) is 2. The number of rotatable bonds is 9. The number of anilines is 1. The number of methoxy groups -OCH3 is 1. The second-order valence-electron chi connectivity index (χ2n) is 7.95. The molecule has 34 heavy (non-hydrogen) atoms. The number of ether oxygens (including phenoxy) is 1. The number of aromatic nitrogens is 3. The molecule has 0 aliphatic rings. The third kappa shape index (κ3) is 5.29. The minimum absolute atomic E-state index is 0.0876. The van der Waals surface area contributed by atoms with Gasteiger partial charge in [-0.1, -0.05) is 36.4 Å². The van der Waals surface area contributed by atoms with Crippen LogP contribution in [0.25, 0.3) is 22.4 Å². The van der Waals surface area contributed by atoms with Crippen LogP contribution in [0, 0.1) is 0 Å². The lowest BCUT2D eigenvalue weighted by atomic mass is 10.1. The second kappa shape index (κ2) is 10.7. The summed E-state index contributed by atoms with van der Waals surface area (Å²) in [4.78, 5) is 34.1. The van der Waals surface area contributed by atoms with Gasteiger partial charge < -0.3 is 19.9 Å². The highest BCUT2D eigenvalue weighted by Crippen LogP contribution is 2.30. The summed E-state index contributed by atoms with van der Waals surface area (Å²) in [7, 11) is 3.35.